The fourth-order valence-electron chi connectivity index (χ4n) is 8.89. The Morgan fingerprint density at radius 2 is 0.615 bits per heavy atom. The van der Waals surface area contributed by atoms with Gasteiger partial charge in [0, 0.05) is 48.8 Å². The molecule has 0 fully saturated rings. The lowest BCUT2D eigenvalue weighted by molar-refractivity contribution is 0.664. The van der Waals surface area contributed by atoms with E-state index in [-0.39, 0.29) is 0 Å². The summed E-state index contributed by atoms with van der Waals surface area (Å²) in [5.74, 6) is 0. The fraction of sp³-hybridized carbons (Fsp3) is 0. The van der Waals surface area contributed by atoms with Gasteiger partial charge in [0.2, 0.25) is 0 Å². The highest BCUT2D eigenvalue weighted by Gasteiger charge is 2.23. The summed E-state index contributed by atoms with van der Waals surface area (Å²) in [5.41, 5.74) is 11.8. The Balaban J connectivity index is 1.27. The zero-order valence-electron chi connectivity index (χ0n) is 28.0. The van der Waals surface area contributed by atoms with Gasteiger partial charge in [-0.05, 0) is 54.6 Å². The molecule has 4 aromatic heterocycles. The SMILES string of the molecule is c1cc(-n2c3ccccc3c3ccccc32)c2oc3c(-n4c5ccccc5c5ccccc54)cc(-n4c5ccccc5c5ccccc54)cc3c2c1. The van der Waals surface area contributed by atoms with E-state index in [1.54, 1.807) is 0 Å². The Kier molecular flexibility index (Phi) is 5.47. The highest BCUT2D eigenvalue weighted by molar-refractivity contribution is 6.16. The van der Waals surface area contributed by atoms with E-state index in [1.807, 2.05) is 0 Å². The van der Waals surface area contributed by atoms with Crippen LogP contribution in [0.1, 0.15) is 0 Å². The van der Waals surface area contributed by atoms with Crippen LogP contribution in [0.2, 0.25) is 0 Å². The van der Waals surface area contributed by atoms with Crippen LogP contribution in [0.25, 0.3) is 104 Å². The van der Waals surface area contributed by atoms with Gasteiger partial charge in [0.15, 0.2) is 11.2 Å². The van der Waals surface area contributed by atoms with Gasteiger partial charge in [0.1, 0.15) is 0 Å². The van der Waals surface area contributed by atoms with Crippen molar-refractivity contribution in [2.24, 2.45) is 0 Å². The summed E-state index contributed by atoms with van der Waals surface area (Å²) in [4.78, 5) is 0. The van der Waals surface area contributed by atoms with E-state index in [9.17, 15) is 0 Å². The molecule has 12 rings (SSSR count). The second kappa shape index (κ2) is 10.3. The zero-order chi connectivity index (χ0) is 33.9. The average Bonchev–Trinajstić information content (AvgIpc) is 3.94. The summed E-state index contributed by atoms with van der Waals surface area (Å²) in [6.45, 7) is 0. The Bertz CT molecular complexity index is 3260. The molecule has 0 unspecified atom stereocenters. The molecule has 52 heavy (non-hydrogen) atoms. The van der Waals surface area contributed by atoms with Crippen LogP contribution < -0.4 is 0 Å². The first-order valence-electron chi connectivity index (χ1n) is 17.8. The van der Waals surface area contributed by atoms with Crippen molar-refractivity contribution in [1.82, 2.24) is 13.7 Å². The molecule has 0 atom stereocenters. The number of hydrogen-bond acceptors (Lipinski definition) is 1. The number of furan rings is 1. The lowest BCUT2D eigenvalue weighted by Gasteiger charge is -2.14. The van der Waals surface area contributed by atoms with E-state index in [1.165, 1.54) is 43.4 Å². The summed E-state index contributed by atoms with van der Waals surface area (Å²) >= 11 is 0. The Hall–Kier alpha value is -7.04. The van der Waals surface area contributed by atoms with Crippen molar-refractivity contribution in [3.05, 3.63) is 176 Å². The minimum absolute atomic E-state index is 0.860. The monoisotopic (exact) mass is 663 g/mol. The van der Waals surface area contributed by atoms with Crippen LogP contribution in [0.4, 0.5) is 0 Å². The summed E-state index contributed by atoms with van der Waals surface area (Å²) in [6, 6.07) is 63.4. The van der Waals surface area contributed by atoms with Gasteiger partial charge >= 0.3 is 0 Å². The molecule has 0 amide bonds. The van der Waals surface area contributed by atoms with Gasteiger partial charge in [-0.1, -0.05) is 121 Å². The quantitative estimate of drug-likeness (QED) is 0.185. The van der Waals surface area contributed by atoms with Crippen molar-refractivity contribution in [2.75, 3.05) is 0 Å². The molecular weight excluding hydrogens is 635 g/mol. The average molecular weight is 664 g/mol. The molecule has 12 aromatic rings. The predicted molar refractivity (Wildman–Crippen MR) is 217 cm³/mol. The first-order chi connectivity index (χ1) is 25.8. The van der Waals surface area contributed by atoms with Gasteiger partial charge in [0.05, 0.1) is 44.5 Å². The van der Waals surface area contributed by atoms with E-state index in [0.717, 1.165) is 61.1 Å². The topological polar surface area (TPSA) is 27.9 Å². The first kappa shape index (κ1) is 27.7. The molecule has 0 saturated carbocycles. The number of hydrogen-bond donors (Lipinski definition) is 0. The normalized spacial score (nSPS) is 12.2. The summed E-state index contributed by atoms with van der Waals surface area (Å²) in [5, 5.41) is 9.53. The van der Waals surface area contributed by atoms with Gasteiger partial charge in [-0.3, -0.25) is 0 Å². The third-order valence-corrected chi connectivity index (χ3v) is 11.0. The molecule has 0 aliphatic heterocycles. The largest absolute Gasteiger partial charge is 0.452 e. The van der Waals surface area contributed by atoms with Crippen LogP contribution >= 0.6 is 0 Å². The standard InChI is InChI=1S/C48H29N3O/c1-7-21-39-31(14-1)32-15-2-8-22-40(32)49(39)30-28-38-37-20-13-27-45(50-41-23-9-3-16-33(41)34-17-4-10-24-42(34)50)47(37)52-48(38)46(29-30)51-43-25-11-5-18-35(43)36-19-6-12-26-44(36)51/h1-29H. The molecule has 8 aromatic carbocycles. The maximum Gasteiger partial charge on any atom is 0.159 e. The molecule has 0 aliphatic carbocycles. The molecule has 4 heteroatoms. The molecule has 0 bridgehead atoms. The summed E-state index contributed by atoms with van der Waals surface area (Å²) < 4.78 is 14.4. The molecule has 0 saturated heterocycles. The lowest BCUT2D eigenvalue weighted by atomic mass is 10.1. The maximum absolute atomic E-state index is 7.25. The Morgan fingerprint density at radius 3 is 1.06 bits per heavy atom. The number of nitrogens with zero attached hydrogens (tertiary/aromatic N) is 3. The first-order valence-corrected chi connectivity index (χ1v) is 17.8. The van der Waals surface area contributed by atoms with Crippen molar-refractivity contribution in [3.63, 3.8) is 0 Å². The number of aromatic nitrogens is 3. The second-order valence-corrected chi connectivity index (χ2v) is 13.7. The third-order valence-electron chi connectivity index (χ3n) is 11.0. The predicted octanol–water partition coefficient (Wildman–Crippen LogP) is 12.9. The van der Waals surface area contributed by atoms with Crippen LogP contribution in [0, 0.1) is 0 Å². The van der Waals surface area contributed by atoms with Gasteiger partial charge in [-0.2, -0.15) is 0 Å². The highest BCUT2D eigenvalue weighted by atomic mass is 16.3. The van der Waals surface area contributed by atoms with Crippen LogP contribution in [0.3, 0.4) is 0 Å². The molecule has 0 radical (unpaired) electrons. The van der Waals surface area contributed by atoms with E-state index in [4.69, 9.17) is 4.42 Å². The zero-order valence-corrected chi connectivity index (χ0v) is 28.0. The van der Waals surface area contributed by atoms with E-state index < -0.39 is 0 Å². The molecule has 4 heterocycles. The smallest absolute Gasteiger partial charge is 0.159 e. The lowest BCUT2D eigenvalue weighted by Crippen LogP contribution is -1.99. The second-order valence-electron chi connectivity index (χ2n) is 13.7. The molecule has 0 spiro atoms. The number of rotatable bonds is 3. The van der Waals surface area contributed by atoms with E-state index >= 15 is 0 Å². The Morgan fingerprint density at radius 1 is 0.269 bits per heavy atom. The van der Waals surface area contributed by atoms with Crippen LogP contribution in [0.15, 0.2) is 180 Å². The molecule has 242 valence electrons. The Labute approximate surface area is 297 Å². The minimum Gasteiger partial charge on any atom is -0.452 e. The molecule has 4 nitrogen and oxygen atoms in total. The van der Waals surface area contributed by atoms with Gasteiger partial charge in [-0.15, -0.1) is 0 Å². The number of fused-ring (bicyclic) bond motifs is 12. The molecule has 0 aliphatic rings. The van der Waals surface area contributed by atoms with Crippen molar-refractivity contribution in [3.8, 4) is 17.1 Å². The summed E-state index contributed by atoms with van der Waals surface area (Å²) in [6.07, 6.45) is 0. The van der Waals surface area contributed by atoms with Crippen molar-refractivity contribution in [2.45, 2.75) is 0 Å². The van der Waals surface area contributed by atoms with Crippen molar-refractivity contribution < 1.29 is 4.42 Å². The fourth-order valence-corrected chi connectivity index (χ4v) is 8.89. The van der Waals surface area contributed by atoms with Crippen molar-refractivity contribution in [1.29, 1.82) is 0 Å². The highest BCUT2D eigenvalue weighted by Crippen LogP contribution is 2.43. The molecule has 0 N–H and O–H groups in total. The van der Waals surface area contributed by atoms with Gasteiger partial charge in [0.25, 0.3) is 0 Å². The molecular formula is C48H29N3O. The minimum atomic E-state index is 0.860. The van der Waals surface area contributed by atoms with Crippen LogP contribution in [-0.4, -0.2) is 13.7 Å². The number of benzene rings is 8. The van der Waals surface area contributed by atoms with Gasteiger partial charge in [-0.25, -0.2) is 0 Å². The summed E-state index contributed by atoms with van der Waals surface area (Å²) in [7, 11) is 0. The van der Waals surface area contributed by atoms with Crippen molar-refractivity contribution >= 4 is 87.4 Å². The van der Waals surface area contributed by atoms with Crippen LogP contribution in [0.5, 0.6) is 0 Å². The van der Waals surface area contributed by atoms with E-state index in [2.05, 4.69) is 190 Å². The van der Waals surface area contributed by atoms with Crippen LogP contribution in [-0.2, 0) is 0 Å². The third kappa shape index (κ3) is 3.60. The van der Waals surface area contributed by atoms with E-state index in [0.29, 0.717) is 0 Å². The maximum atomic E-state index is 7.25. The number of para-hydroxylation sites is 7. The van der Waals surface area contributed by atoms with Gasteiger partial charge < -0.3 is 18.1 Å².